The molecule has 13 heteroatoms. The number of amides is 1. The van der Waals surface area contributed by atoms with Gasteiger partial charge in [-0.25, -0.2) is 4.39 Å². The van der Waals surface area contributed by atoms with Gasteiger partial charge in [-0.2, -0.15) is 9.97 Å². The molecule has 4 atom stereocenters. The summed E-state index contributed by atoms with van der Waals surface area (Å²) in [6, 6.07) is 8.72. The maximum absolute atomic E-state index is 17.0. The molecule has 1 amide bonds. The zero-order valence-corrected chi connectivity index (χ0v) is 28.2. The Labute approximate surface area is 288 Å². The van der Waals surface area contributed by atoms with Crippen molar-refractivity contribution in [2.24, 2.45) is 0 Å². The van der Waals surface area contributed by atoms with Crippen LogP contribution in [0.2, 0.25) is 5.02 Å². The second-order valence-electron chi connectivity index (χ2n) is 14.6. The monoisotopic (exact) mass is 687 g/mol. The summed E-state index contributed by atoms with van der Waals surface area (Å²) in [6.45, 7) is 4.23. The molecule has 4 aromatic rings. The lowest BCUT2D eigenvalue weighted by Gasteiger charge is -2.44. The molecule has 0 radical (unpaired) electrons. The molecule has 4 fully saturated rings. The number of nitrogens with one attached hydrogen (secondary N) is 1. The van der Waals surface area contributed by atoms with Gasteiger partial charge < -0.3 is 29.7 Å². The normalized spacial score (nSPS) is 29.0. The standard InChI is InChI=1S/C36H39ClFN7O4/c1-43-18-35-9-6-22(42-35)16-44(19-35)33-26-15-39-31(25-13-23(46)12-21-4-2-5-27(37)29(21)25)30(38)32(26)40-34(41-33)49-20-36-8-3-10-45(36)17-24(14-36)48-11-7-28(43)47/h2,4-5,12-13,15,22,24,42,46H,3,6-11,14,16-20H2,1H3/t22-,24+,35-,36+/m0/s1. The highest BCUT2D eigenvalue weighted by atomic mass is 35.5. The molecule has 2 aromatic carbocycles. The van der Waals surface area contributed by atoms with E-state index < -0.39 is 5.82 Å². The highest BCUT2D eigenvalue weighted by Crippen LogP contribution is 2.43. The molecule has 256 valence electrons. The fourth-order valence-electron chi connectivity index (χ4n) is 9.21. The minimum atomic E-state index is -0.642. The van der Waals surface area contributed by atoms with E-state index in [1.54, 1.807) is 24.4 Å². The highest BCUT2D eigenvalue weighted by Gasteiger charge is 2.50. The van der Waals surface area contributed by atoms with E-state index in [2.05, 4.69) is 20.1 Å². The first kappa shape index (κ1) is 31.2. The van der Waals surface area contributed by atoms with Gasteiger partial charge in [0.2, 0.25) is 5.91 Å². The lowest BCUT2D eigenvalue weighted by molar-refractivity contribution is -0.132. The number of pyridine rings is 1. The topological polar surface area (TPSA) is 116 Å². The number of ether oxygens (including phenoxy) is 2. The number of piperazine rings is 1. The summed E-state index contributed by atoms with van der Waals surface area (Å²) in [6.07, 6.45) is 6.59. The number of hydrogen-bond acceptors (Lipinski definition) is 10. The van der Waals surface area contributed by atoms with Gasteiger partial charge in [0.05, 0.1) is 35.6 Å². The molecule has 0 unspecified atom stereocenters. The molecule has 4 saturated heterocycles. The number of benzene rings is 2. The number of carbonyl (C=O) groups excluding carboxylic acids is 1. The maximum Gasteiger partial charge on any atom is 0.319 e. The van der Waals surface area contributed by atoms with E-state index >= 15 is 4.39 Å². The molecule has 49 heavy (non-hydrogen) atoms. The van der Waals surface area contributed by atoms with Gasteiger partial charge in [0.15, 0.2) is 5.82 Å². The van der Waals surface area contributed by atoms with Crippen LogP contribution in [0.5, 0.6) is 11.8 Å². The van der Waals surface area contributed by atoms with Gasteiger partial charge in [0.25, 0.3) is 0 Å². The van der Waals surface area contributed by atoms with Crippen molar-refractivity contribution >= 4 is 45.0 Å². The molecular weight excluding hydrogens is 649 g/mol. The van der Waals surface area contributed by atoms with Gasteiger partial charge in [-0.1, -0.05) is 23.7 Å². The van der Waals surface area contributed by atoms with Crippen molar-refractivity contribution in [1.29, 1.82) is 0 Å². The first-order chi connectivity index (χ1) is 23.7. The van der Waals surface area contributed by atoms with Crippen LogP contribution in [0.4, 0.5) is 10.2 Å². The Balaban J connectivity index is 1.19. The number of aromatic nitrogens is 3. The third-order valence-corrected chi connectivity index (χ3v) is 11.7. The van der Waals surface area contributed by atoms with Crippen LogP contribution in [0.3, 0.4) is 0 Å². The van der Waals surface area contributed by atoms with Crippen LogP contribution in [-0.4, -0.2) is 112 Å². The van der Waals surface area contributed by atoms with Crippen molar-refractivity contribution in [2.45, 2.75) is 61.7 Å². The number of fused-ring (bicyclic) bond motifs is 9. The molecule has 2 aromatic heterocycles. The van der Waals surface area contributed by atoms with Crippen LogP contribution in [0.1, 0.15) is 38.5 Å². The largest absolute Gasteiger partial charge is 0.508 e. The van der Waals surface area contributed by atoms with Gasteiger partial charge >= 0.3 is 6.01 Å². The molecule has 7 bridgehead atoms. The Bertz CT molecular complexity index is 2000. The van der Waals surface area contributed by atoms with E-state index in [9.17, 15) is 9.90 Å². The van der Waals surface area contributed by atoms with Crippen molar-refractivity contribution in [3.8, 4) is 23.0 Å². The number of halogens is 2. The molecule has 9 rings (SSSR count). The Morgan fingerprint density at radius 3 is 2.96 bits per heavy atom. The van der Waals surface area contributed by atoms with Crippen LogP contribution < -0.4 is 15.0 Å². The van der Waals surface area contributed by atoms with Crippen molar-refractivity contribution in [3.63, 3.8) is 0 Å². The fourth-order valence-corrected chi connectivity index (χ4v) is 9.50. The average molecular weight is 688 g/mol. The van der Waals surface area contributed by atoms with Crippen LogP contribution in [0.25, 0.3) is 32.9 Å². The summed E-state index contributed by atoms with van der Waals surface area (Å²) >= 11 is 6.63. The molecule has 2 spiro atoms. The van der Waals surface area contributed by atoms with E-state index in [0.717, 1.165) is 45.2 Å². The molecular formula is C36H39ClFN7O4. The molecule has 5 aliphatic heterocycles. The SMILES string of the molecule is CN1C[C@@]23CC[C@@H](CN(C2)c2nc(nc4c(F)c(-c5cc(O)cc6cccc(Cl)c56)ncc24)OC[C@]24CCCN2C[C@@H](C4)OCCC1=O)N3. The Kier molecular flexibility index (Phi) is 7.39. The number of phenolic OH excluding ortho intramolecular Hbond substituents is 1. The Morgan fingerprint density at radius 2 is 2.06 bits per heavy atom. The molecule has 2 N–H and O–H groups in total. The van der Waals surface area contributed by atoms with Crippen LogP contribution >= 0.6 is 11.6 Å². The van der Waals surface area contributed by atoms with Gasteiger partial charge in [-0.05, 0) is 62.2 Å². The molecule has 11 nitrogen and oxygen atoms in total. The van der Waals surface area contributed by atoms with Crippen molar-refractivity contribution in [2.75, 3.05) is 57.9 Å². The minimum absolute atomic E-state index is 0.00181. The molecule has 5 aliphatic rings. The van der Waals surface area contributed by atoms with E-state index in [-0.39, 0.29) is 52.1 Å². The third kappa shape index (κ3) is 5.26. The number of phenols is 1. The molecule has 0 aliphatic carbocycles. The summed E-state index contributed by atoms with van der Waals surface area (Å²) < 4.78 is 29.8. The van der Waals surface area contributed by atoms with Crippen molar-refractivity contribution < 1.29 is 23.8 Å². The van der Waals surface area contributed by atoms with Crippen LogP contribution in [0.15, 0.2) is 36.5 Å². The van der Waals surface area contributed by atoms with Gasteiger partial charge in [-0.15, -0.1) is 0 Å². The lowest BCUT2D eigenvalue weighted by atomic mass is 9.94. The van der Waals surface area contributed by atoms with E-state index in [1.807, 2.05) is 18.0 Å². The number of anilines is 1. The minimum Gasteiger partial charge on any atom is -0.508 e. The third-order valence-electron chi connectivity index (χ3n) is 11.4. The first-order valence-corrected chi connectivity index (χ1v) is 17.6. The Hall–Kier alpha value is -3.84. The van der Waals surface area contributed by atoms with Gasteiger partial charge in [-0.3, -0.25) is 14.7 Å². The summed E-state index contributed by atoms with van der Waals surface area (Å²) in [5, 5.41) is 16.6. The average Bonchev–Trinajstić information content (AvgIpc) is 3.72. The van der Waals surface area contributed by atoms with Crippen molar-refractivity contribution in [1.82, 2.24) is 30.1 Å². The summed E-state index contributed by atoms with van der Waals surface area (Å²) in [4.78, 5) is 34.1. The number of likely N-dealkylation sites (N-methyl/N-ethyl adjacent to an activating group) is 1. The Morgan fingerprint density at radius 1 is 1.16 bits per heavy atom. The van der Waals surface area contributed by atoms with E-state index in [4.69, 9.17) is 31.0 Å². The molecule has 7 heterocycles. The quantitative estimate of drug-likeness (QED) is 0.296. The van der Waals surface area contributed by atoms with Crippen LogP contribution in [0, 0.1) is 5.82 Å². The van der Waals surface area contributed by atoms with Crippen molar-refractivity contribution in [3.05, 3.63) is 47.4 Å². The fraction of sp³-hybridized carbons (Fsp3) is 0.500. The number of nitrogens with zero attached hydrogens (tertiary/aromatic N) is 6. The predicted octanol–water partition coefficient (Wildman–Crippen LogP) is 4.52. The van der Waals surface area contributed by atoms with Gasteiger partial charge in [0, 0.05) is 61.4 Å². The van der Waals surface area contributed by atoms with E-state index in [0.29, 0.717) is 71.8 Å². The number of rotatable bonds is 1. The summed E-state index contributed by atoms with van der Waals surface area (Å²) in [5.41, 5.74) is -0.102. The molecule has 0 saturated carbocycles. The predicted molar refractivity (Wildman–Crippen MR) is 184 cm³/mol. The lowest BCUT2D eigenvalue weighted by Crippen LogP contribution is -2.64. The number of carbonyl (C=O) groups is 1. The number of aromatic hydroxyl groups is 1. The second kappa shape index (κ2) is 11.6. The smallest absolute Gasteiger partial charge is 0.319 e. The maximum atomic E-state index is 17.0. The van der Waals surface area contributed by atoms with Gasteiger partial charge in [0.1, 0.15) is 29.4 Å². The highest BCUT2D eigenvalue weighted by molar-refractivity contribution is 6.36. The van der Waals surface area contributed by atoms with E-state index in [1.165, 1.54) is 6.07 Å². The summed E-state index contributed by atoms with van der Waals surface area (Å²) in [5.74, 6) is -0.0458. The number of hydrogen-bond donors (Lipinski definition) is 2. The summed E-state index contributed by atoms with van der Waals surface area (Å²) in [7, 11) is 1.87. The second-order valence-corrected chi connectivity index (χ2v) is 15.1. The first-order valence-electron chi connectivity index (χ1n) is 17.2. The zero-order valence-electron chi connectivity index (χ0n) is 27.4. The zero-order chi connectivity index (χ0) is 33.5. The van der Waals surface area contributed by atoms with Crippen LogP contribution in [-0.2, 0) is 9.53 Å².